The molecule has 4 heteroatoms. The predicted molar refractivity (Wildman–Crippen MR) is 73.3 cm³/mol. The largest absolute Gasteiger partial charge is 0.481 e. The van der Waals surface area contributed by atoms with E-state index in [2.05, 4.69) is 25.8 Å². The van der Waals surface area contributed by atoms with E-state index in [-0.39, 0.29) is 0 Å². The number of nitrogens with zero attached hydrogens (tertiary/aromatic N) is 2. The van der Waals surface area contributed by atoms with E-state index in [1.807, 2.05) is 30.5 Å². The Labute approximate surface area is 107 Å². The molecule has 1 aromatic carbocycles. The molecule has 1 atom stereocenters. The van der Waals surface area contributed by atoms with Crippen molar-refractivity contribution in [1.29, 1.82) is 0 Å². The molecule has 0 fully saturated rings. The molecular formula is C14H19N2O2+. The minimum atomic E-state index is -0.792. The van der Waals surface area contributed by atoms with Crippen LogP contribution < -0.4 is 4.59 Å². The first kappa shape index (κ1) is 12.6. The lowest BCUT2D eigenvalue weighted by molar-refractivity contribution is -0.138. The molecule has 0 aliphatic heterocycles. The normalized spacial score (nSPS) is 13.8. The number of fused-ring (bicyclic) bond motifs is 1. The summed E-state index contributed by atoms with van der Waals surface area (Å²) < 4.78 is 2.69. The molecule has 0 aliphatic rings. The summed E-state index contributed by atoms with van der Waals surface area (Å²) in [7, 11) is 6.17. The first-order valence-electron chi connectivity index (χ1n) is 5.97. The maximum absolute atomic E-state index is 11.2. The predicted octanol–water partition coefficient (Wildman–Crippen LogP) is 2.16. The first-order valence-corrected chi connectivity index (χ1v) is 5.97. The van der Waals surface area contributed by atoms with Crippen molar-refractivity contribution in [2.45, 2.75) is 12.8 Å². The highest BCUT2D eigenvalue weighted by atomic mass is 16.4. The molecule has 0 amide bonds. The van der Waals surface area contributed by atoms with E-state index in [1.165, 1.54) is 0 Å². The van der Waals surface area contributed by atoms with Crippen LogP contribution in [0.3, 0.4) is 0 Å². The van der Waals surface area contributed by atoms with Gasteiger partial charge in [-0.25, -0.2) is 4.59 Å². The number of hydrogen-bond donors (Lipinski definition) is 1. The van der Waals surface area contributed by atoms with Gasteiger partial charge in [0.05, 0.1) is 33.3 Å². The third kappa shape index (κ3) is 1.99. The van der Waals surface area contributed by atoms with Gasteiger partial charge in [0.2, 0.25) is 0 Å². The van der Waals surface area contributed by atoms with E-state index in [4.69, 9.17) is 0 Å². The summed E-state index contributed by atoms with van der Waals surface area (Å²) in [5, 5.41) is 10.2. The molecule has 0 saturated carbocycles. The Morgan fingerprint density at radius 3 is 2.44 bits per heavy atom. The minimum Gasteiger partial charge on any atom is -0.481 e. The van der Waals surface area contributed by atoms with Gasteiger partial charge in [0.1, 0.15) is 5.52 Å². The van der Waals surface area contributed by atoms with E-state index >= 15 is 0 Å². The second-order valence-electron chi connectivity index (χ2n) is 5.45. The van der Waals surface area contributed by atoms with Crippen molar-refractivity contribution in [3.05, 3.63) is 36.0 Å². The van der Waals surface area contributed by atoms with Crippen LogP contribution in [0.4, 0.5) is 0 Å². The quantitative estimate of drug-likeness (QED) is 0.844. The van der Waals surface area contributed by atoms with E-state index < -0.39 is 11.9 Å². The van der Waals surface area contributed by atoms with Gasteiger partial charge in [0, 0.05) is 5.39 Å². The summed E-state index contributed by atoms with van der Waals surface area (Å²) in [5.74, 6) is -1.29. The van der Waals surface area contributed by atoms with Gasteiger partial charge in [0.25, 0.3) is 0 Å². The van der Waals surface area contributed by atoms with E-state index in [0.29, 0.717) is 4.59 Å². The Hall–Kier alpha value is -1.81. The van der Waals surface area contributed by atoms with Crippen molar-refractivity contribution in [1.82, 2.24) is 9.27 Å². The number of benzene rings is 1. The standard InChI is InChI=1S/C14H18N2O2/c1-10(14(17)18)12-9-15(16(2,3)4)13-8-6-5-7-11(12)13/h5-10H,1-4H3/p+1. The Morgan fingerprint density at radius 1 is 1.28 bits per heavy atom. The van der Waals surface area contributed by atoms with Gasteiger partial charge in [-0.1, -0.05) is 18.2 Å². The number of para-hydroxylation sites is 1. The molecular weight excluding hydrogens is 228 g/mol. The minimum absolute atomic E-state index is 0.498. The zero-order valence-electron chi connectivity index (χ0n) is 11.2. The van der Waals surface area contributed by atoms with Gasteiger partial charge < -0.3 is 5.11 Å². The molecule has 4 nitrogen and oxygen atoms in total. The Kier molecular flexibility index (Phi) is 2.91. The summed E-state index contributed by atoms with van der Waals surface area (Å²) in [5.41, 5.74) is 1.93. The summed E-state index contributed by atoms with van der Waals surface area (Å²) in [4.78, 5) is 11.2. The van der Waals surface area contributed by atoms with Crippen LogP contribution in [0, 0.1) is 0 Å². The molecule has 2 aromatic rings. The molecule has 2 rings (SSSR count). The van der Waals surface area contributed by atoms with E-state index in [0.717, 1.165) is 16.5 Å². The lowest BCUT2D eigenvalue weighted by Crippen LogP contribution is -2.45. The highest BCUT2D eigenvalue weighted by Gasteiger charge is 2.23. The number of carboxylic acid groups (broad SMARTS) is 1. The van der Waals surface area contributed by atoms with Crippen molar-refractivity contribution in [3.63, 3.8) is 0 Å². The van der Waals surface area contributed by atoms with Crippen LogP contribution in [0.5, 0.6) is 0 Å². The van der Waals surface area contributed by atoms with Gasteiger partial charge in [-0.3, -0.25) is 4.79 Å². The highest BCUT2D eigenvalue weighted by molar-refractivity contribution is 5.89. The van der Waals surface area contributed by atoms with Crippen LogP contribution in [0.2, 0.25) is 0 Å². The van der Waals surface area contributed by atoms with Gasteiger partial charge in [0.15, 0.2) is 0 Å². The summed E-state index contributed by atoms with van der Waals surface area (Å²) in [6.07, 6.45) is 1.95. The van der Waals surface area contributed by atoms with Gasteiger partial charge >= 0.3 is 5.97 Å². The summed E-state index contributed by atoms with van der Waals surface area (Å²) >= 11 is 0. The fourth-order valence-electron chi connectivity index (χ4n) is 2.16. The van der Waals surface area contributed by atoms with Crippen LogP contribution in [0.15, 0.2) is 30.5 Å². The van der Waals surface area contributed by atoms with Crippen molar-refractivity contribution in [2.75, 3.05) is 21.1 Å². The smallest absolute Gasteiger partial charge is 0.310 e. The second-order valence-corrected chi connectivity index (χ2v) is 5.45. The average Bonchev–Trinajstić information content (AvgIpc) is 2.66. The monoisotopic (exact) mass is 247 g/mol. The van der Waals surface area contributed by atoms with Crippen molar-refractivity contribution in [3.8, 4) is 0 Å². The zero-order valence-corrected chi connectivity index (χ0v) is 11.2. The number of carbonyl (C=O) groups is 1. The summed E-state index contributed by atoms with van der Waals surface area (Å²) in [6.45, 7) is 1.73. The fraction of sp³-hybridized carbons (Fsp3) is 0.357. The average molecular weight is 247 g/mol. The number of aliphatic carboxylic acids is 1. The fourth-order valence-corrected chi connectivity index (χ4v) is 2.16. The van der Waals surface area contributed by atoms with Crippen LogP contribution in [-0.4, -0.2) is 36.9 Å². The molecule has 18 heavy (non-hydrogen) atoms. The van der Waals surface area contributed by atoms with Crippen LogP contribution in [-0.2, 0) is 4.79 Å². The van der Waals surface area contributed by atoms with Crippen LogP contribution >= 0.6 is 0 Å². The topological polar surface area (TPSA) is 42.2 Å². The number of carboxylic acids is 1. The highest BCUT2D eigenvalue weighted by Crippen LogP contribution is 2.28. The van der Waals surface area contributed by atoms with Crippen molar-refractivity contribution in [2.24, 2.45) is 0 Å². The number of rotatable bonds is 3. The molecule has 0 bridgehead atoms. The Bertz CT molecular complexity index is 593. The molecule has 0 spiro atoms. The molecule has 0 saturated heterocycles. The Balaban J connectivity index is 2.73. The molecule has 0 aliphatic carbocycles. The number of hydrogen-bond acceptors (Lipinski definition) is 1. The maximum Gasteiger partial charge on any atom is 0.310 e. The molecule has 1 heterocycles. The molecule has 1 aromatic heterocycles. The van der Waals surface area contributed by atoms with Gasteiger partial charge in [-0.05, 0) is 18.6 Å². The second kappa shape index (κ2) is 4.14. The number of aromatic nitrogens is 1. The SMILES string of the molecule is CC(C(=O)O)c1cn([N+](C)(C)C)c2ccccc12. The third-order valence-corrected chi connectivity index (χ3v) is 3.21. The number of quaternary nitrogens is 1. The van der Waals surface area contributed by atoms with Crippen molar-refractivity contribution < 1.29 is 9.90 Å². The van der Waals surface area contributed by atoms with E-state index in [1.54, 1.807) is 6.92 Å². The first-order chi connectivity index (χ1) is 8.32. The molecule has 0 radical (unpaired) electrons. The third-order valence-electron chi connectivity index (χ3n) is 3.21. The molecule has 1 N–H and O–H groups in total. The van der Waals surface area contributed by atoms with Gasteiger partial charge in [-0.15, -0.1) is 0 Å². The summed E-state index contributed by atoms with van der Waals surface area (Å²) in [6, 6.07) is 7.93. The maximum atomic E-state index is 11.2. The lowest BCUT2D eigenvalue weighted by atomic mass is 10.0. The van der Waals surface area contributed by atoms with Crippen LogP contribution in [0.1, 0.15) is 18.4 Å². The Morgan fingerprint density at radius 2 is 1.89 bits per heavy atom. The van der Waals surface area contributed by atoms with Gasteiger partial charge in [-0.2, -0.15) is 4.68 Å². The van der Waals surface area contributed by atoms with Crippen molar-refractivity contribution >= 4 is 16.9 Å². The lowest BCUT2D eigenvalue weighted by Gasteiger charge is -2.25. The zero-order chi connectivity index (χ0) is 13.5. The molecule has 96 valence electrons. The van der Waals surface area contributed by atoms with Crippen LogP contribution in [0.25, 0.3) is 10.9 Å². The molecule has 1 unspecified atom stereocenters. The van der Waals surface area contributed by atoms with E-state index in [9.17, 15) is 9.90 Å².